The molecule has 1 aromatic carbocycles. The molecule has 3 unspecified atom stereocenters. The fourth-order valence-electron chi connectivity index (χ4n) is 4.43. The first-order valence-electron chi connectivity index (χ1n) is 9.64. The van der Waals surface area contributed by atoms with Crippen molar-refractivity contribution < 1.29 is 9.13 Å². The average molecular weight is 389 g/mol. The van der Waals surface area contributed by atoms with Crippen LogP contribution in [0.15, 0.2) is 30.5 Å². The van der Waals surface area contributed by atoms with Crippen LogP contribution in [0.4, 0.5) is 10.2 Å². The Kier molecular flexibility index (Phi) is 3.85. The Labute approximate surface area is 167 Å². The number of halogens is 1. The van der Waals surface area contributed by atoms with E-state index in [1.165, 1.54) is 6.07 Å². The Morgan fingerprint density at radius 3 is 2.93 bits per heavy atom. The van der Waals surface area contributed by atoms with Gasteiger partial charge in [0.1, 0.15) is 23.7 Å². The van der Waals surface area contributed by atoms with Crippen molar-refractivity contribution in [2.45, 2.75) is 31.8 Å². The number of aryl methyl sites for hydroxylation is 1. The second kappa shape index (κ2) is 6.31. The van der Waals surface area contributed by atoms with Crippen LogP contribution in [0.1, 0.15) is 47.9 Å². The zero-order valence-corrected chi connectivity index (χ0v) is 16.2. The first kappa shape index (κ1) is 17.7. The molecule has 2 aromatic heterocycles. The number of anilines is 1. The van der Waals surface area contributed by atoms with Crippen LogP contribution < -0.4 is 10.5 Å². The number of aromatic nitrogens is 3. The van der Waals surface area contributed by atoms with Gasteiger partial charge in [0.15, 0.2) is 11.6 Å². The van der Waals surface area contributed by atoms with Gasteiger partial charge in [-0.15, -0.1) is 0 Å². The highest BCUT2D eigenvalue weighted by atomic mass is 19.1. The lowest BCUT2D eigenvalue weighted by Crippen LogP contribution is -2.10. The van der Waals surface area contributed by atoms with Crippen LogP contribution in [0.25, 0.3) is 11.1 Å². The topological polar surface area (TPSA) is 89.8 Å². The summed E-state index contributed by atoms with van der Waals surface area (Å²) >= 11 is 0. The molecule has 29 heavy (non-hydrogen) atoms. The lowest BCUT2D eigenvalue weighted by molar-refractivity contribution is 0.226. The zero-order chi connectivity index (χ0) is 20.3. The van der Waals surface area contributed by atoms with Gasteiger partial charge in [-0.25, -0.2) is 9.37 Å². The SMILES string of the molecule is CC1Oc2cc(cnc2N)-c2c(nn(C)c2C#N)CC2CC2c2ccc(F)cc21. The Hall–Kier alpha value is -3.40. The van der Waals surface area contributed by atoms with E-state index in [9.17, 15) is 9.65 Å². The summed E-state index contributed by atoms with van der Waals surface area (Å²) in [6, 6.07) is 8.97. The van der Waals surface area contributed by atoms with Crippen molar-refractivity contribution in [3.63, 3.8) is 0 Å². The molecule has 0 amide bonds. The number of hydrogen-bond acceptors (Lipinski definition) is 5. The largest absolute Gasteiger partial charge is 0.482 e. The molecular formula is C22H20FN5O. The highest BCUT2D eigenvalue weighted by molar-refractivity contribution is 5.74. The first-order chi connectivity index (χ1) is 14.0. The Morgan fingerprint density at radius 1 is 1.31 bits per heavy atom. The van der Waals surface area contributed by atoms with E-state index in [-0.39, 0.29) is 17.7 Å². The molecule has 0 saturated heterocycles. The van der Waals surface area contributed by atoms with Crippen molar-refractivity contribution in [1.29, 1.82) is 5.26 Å². The zero-order valence-electron chi connectivity index (χ0n) is 16.2. The Balaban J connectivity index is 1.72. The predicted octanol–water partition coefficient (Wildman–Crippen LogP) is 3.87. The molecule has 7 heteroatoms. The molecular weight excluding hydrogens is 369 g/mol. The summed E-state index contributed by atoms with van der Waals surface area (Å²) in [6.07, 6.45) is 3.02. The van der Waals surface area contributed by atoms with Crippen molar-refractivity contribution >= 4 is 5.82 Å². The van der Waals surface area contributed by atoms with Gasteiger partial charge < -0.3 is 10.5 Å². The molecule has 1 aliphatic heterocycles. The van der Waals surface area contributed by atoms with E-state index < -0.39 is 0 Å². The lowest BCUT2D eigenvalue weighted by atomic mass is 9.95. The number of fused-ring (bicyclic) bond motifs is 7. The van der Waals surface area contributed by atoms with E-state index in [2.05, 4.69) is 16.2 Å². The Bertz CT molecular complexity index is 1180. The van der Waals surface area contributed by atoms with Gasteiger partial charge in [0.05, 0.1) is 5.69 Å². The van der Waals surface area contributed by atoms with Gasteiger partial charge in [-0.3, -0.25) is 4.68 Å². The molecule has 0 radical (unpaired) electrons. The highest BCUT2D eigenvalue weighted by Gasteiger charge is 2.41. The fraction of sp³-hybridized carbons (Fsp3) is 0.318. The monoisotopic (exact) mass is 389 g/mol. The smallest absolute Gasteiger partial charge is 0.166 e. The summed E-state index contributed by atoms with van der Waals surface area (Å²) in [4.78, 5) is 4.28. The Morgan fingerprint density at radius 2 is 2.14 bits per heavy atom. The highest BCUT2D eigenvalue weighted by Crippen LogP contribution is 2.52. The second-order valence-corrected chi connectivity index (χ2v) is 7.85. The third-order valence-corrected chi connectivity index (χ3v) is 5.96. The number of hydrogen-bond donors (Lipinski definition) is 1. The third-order valence-electron chi connectivity index (χ3n) is 5.96. The standard InChI is InChI=1S/C22H20FN5O/c1-11-16-8-14(23)3-4-15(16)17-5-12(17)6-18-21(19(9-24)28(2)27-18)13-7-20(29-11)22(25)26-10-13/h3-4,7-8,10-12,17H,5-6H2,1-2H3,(H2,25,26). The number of nitrogens with zero attached hydrogens (tertiary/aromatic N) is 4. The quantitative estimate of drug-likeness (QED) is 0.630. The van der Waals surface area contributed by atoms with E-state index in [4.69, 9.17) is 10.5 Å². The summed E-state index contributed by atoms with van der Waals surface area (Å²) in [5.74, 6) is 1.10. The molecule has 3 aromatic rings. The van der Waals surface area contributed by atoms with E-state index >= 15 is 0 Å². The minimum Gasteiger partial charge on any atom is -0.482 e. The van der Waals surface area contributed by atoms with Crippen molar-refractivity contribution in [3.05, 3.63) is 58.8 Å². The molecule has 1 aliphatic carbocycles. The number of benzene rings is 1. The van der Waals surface area contributed by atoms with Crippen LogP contribution in [0.5, 0.6) is 5.75 Å². The summed E-state index contributed by atoms with van der Waals surface area (Å²) in [5.41, 5.74) is 10.9. The van der Waals surface area contributed by atoms with Crippen LogP contribution in [-0.2, 0) is 13.5 Å². The molecule has 2 aliphatic rings. The van der Waals surface area contributed by atoms with Crippen LogP contribution in [-0.4, -0.2) is 14.8 Å². The van der Waals surface area contributed by atoms with Gasteiger partial charge in [-0.1, -0.05) is 6.07 Å². The number of ether oxygens (including phenoxy) is 1. The van der Waals surface area contributed by atoms with Gasteiger partial charge in [0.25, 0.3) is 0 Å². The van der Waals surface area contributed by atoms with E-state index in [0.29, 0.717) is 23.3 Å². The van der Waals surface area contributed by atoms with Crippen molar-refractivity contribution in [2.75, 3.05) is 5.73 Å². The van der Waals surface area contributed by atoms with Crippen molar-refractivity contribution in [1.82, 2.24) is 14.8 Å². The summed E-state index contributed by atoms with van der Waals surface area (Å²) in [6.45, 7) is 1.89. The average Bonchev–Trinajstić information content (AvgIpc) is 3.37. The minimum absolute atomic E-state index is 0.254. The third kappa shape index (κ3) is 2.83. The predicted molar refractivity (Wildman–Crippen MR) is 106 cm³/mol. The maximum absolute atomic E-state index is 14.0. The van der Waals surface area contributed by atoms with Crippen LogP contribution >= 0.6 is 0 Å². The number of nitrogen functional groups attached to an aromatic ring is 1. The molecule has 146 valence electrons. The number of nitrogens with two attached hydrogens (primary N) is 1. The summed E-state index contributed by atoms with van der Waals surface area (Å²) in [7, 11) is 1.77. The van der Waals surface area contributed by atoms with Crippen molar-refractivity contribution in [2.24, 2.45) is 13.0 Å². The number of nitriles is 1. The summed E-state index contributed by atoms with van der Waals surface area (Å²) in [5, 5.41) is 14.3. The molecule has 0 spiro atoms. The second-order valence-electron chi connectivity index (χ2n) is 7.85. The van der Waals surface area contributed by atoms with Crippen LogP contribution in [0, 0.1) is 23.1 Å². The molecule has 1 fully saturated rings. The van der Waals surface area contributed by atoms with Gasteiger partial charge >= 0.3 is 0 Å². The normalized spacial score (nSPS) is 22.1. The molecule has 5 rings (SSSR count). The fourth-order valence-corrected chi connectivity index (χ4v) is 4.43. The number of rotatable bonds is 0. The maximum Gasteiger partial charge on any atom is 0.166 e. The van der Waals surface area contributed by atoms with E-state index in [1.807, 2.05) is 13.0 Å². The lowest BCUT2D eigenvalue weighted by Gasteiger charge is -2.20. The minimum atomic E-state index is -0.385. The molecule has 1 saturated carbocycles. The maximum atomic E-state index is 14.0. The first-order valence-corrected chi connectivity index (χ1v) is 9.64. The number of pyridine rings is 1. The molecule has 2 N–H and O–H groups in total. The molecule has 3 heterocycles. The van der Waals surface area contributed by atoms with Crippen LogP contribution in [0.2, 0.25) is 0 Å². The van der Waals surface area contributed by atoms with E-state index in [0.717, 1.165) is 40.8 Å². The van der Waals surface area contributed by atoms with Gasteiger partial charge in [-0.05, 0) is 60.9 Å². The van der Waals surface area contributed by atoms with Gasteiger partial charge in [0, 0.05) is 24.4 Å². The molecule has 6 nitrogen and oxygen atoms in total. The molecule has 2 bridgehead atoms. The van der Waals surface area contributed by atoms with Crippen molar-refractivity contribution in [3.8, 4) is 22.9 Å². The molecule has 3 atom stereocenters. The van der Waals surface area contributed by atoms with E-state index in [1.54, 1.807) is 30.1 Å². The van der Waals surface area contributed by atoms with Gasteiger partial charge in [-0.2, -0.15) is 10.4 Å². The van der Waals surface area contributed by atoms with Crippen LogP contribution in [0.3, 0.4) is 0 Å². The summed E-state index contributed by atoms with van der Waals surface area (Å²) < 4.78 is 21.8. The van der Waals surface area contributed by atoms with Gasteiger partial charge in [0.2, 0.25) is 0 Å².